The summed E-state index contributed by atoms with van der Waals surface area (Å²) >= 11 is 6.20. The molecule has 1 aliphatic heterocycles. The third kappa shape index (κ3) is 3.46. The van der Waals surface area contributed by atoms with Gasteiger partial charge in [-0.25, -0.2) is 0 Å². The highest BCUT2D eigenvalue weighted by molar-refractivity contribution is 6.30. The summed E-state index contributed by atoms with van der Waals surface area (Å²) in [6.45, 7) is 2.27. The molecule has 4 nitrogen and oxygen atoms in total. The Bertz CT molecular complexity index is 578. The summed E-state index contributed by atoms with van der Waals surface area (Å²) in [6, 6.07) is 8.08. The normalized spacial score (nSPS) is 22.2. The van der Waals surface area contributed by atoms with Gasteiger partial charge in [-0.15, -0.1) is 0 Å². The lowest BCUT2D eigenvalue weighted by atomic mass is 9.76. The number of nitrogens with two attached hydrogens (primary N) is 1. The van der Waals surface area contributed by atoms with Gasteiger partial charge in [-0.3, -0.25) is 4.79 Å². The zero-order valence-corrected chi connectivity index (χ0v) is 14.9. The largest absolute Gasteiger partial charge is 0.381 e. The van der Waals surface area contributed by atoms with Crippen molar-refractivity contribution in [2.24, 2.45) is 11.1 Å². The maximum Gasteiger partial charge on any atom is 0.227 e. The van der Waals surface area contributed by atoms with Crippen molar-refractivity contribution in [3.05, 3.63) is 34.9 Å². The first-order valence-corrected chi connectivity index (χ1v) is 9.30. The Balaban J connectivity index is 1.74. The summed E-state index contributed by atoms with van der Waals surface area (Å²) in [5.41, 5.74) is 6.73. The van der Waals surface area contributed by atoms with Crippen LogP contribution in [-0.2, 0) is 14.9 Å². The second kappa shape index (κ2) is 7.42. The van der Waals surface area contributed by atoms with E-state index in [9.17, 15) is 4.79 Å². The summed E-state index contributed by atoms with van der Waals surface area (Å²) in [7, 11) is 0. The topological polar surface area (TPSA) is 64.4 Å². The van der Waals surface area contributed by atoms with Crippen LogP contribution < -0.4 is 11.1 Å². The van der Waals surface area contributed by atoms with Crippen LogP contribution in [0.1, 0.15) is 44.1 Å². The molecule has 1 aromatic rings. The molecule has 0 unspecified atom stereocenters. The van der Waals surface area contributed by atoms with Crippen LogP contribution in [0.3, 0.4) is 0 Å². The molecule has 2 aliphatic rings. The van der Waals surface area contributed by atoms with Gasteiger partial charge in [0.25, 0.3) is 0 Å². The van der Waals surface area contributed by atoms with Crippen molar-refractivity contribution in [1.82, 2.24) is 5.32 Å². The van der Waals surface area contributed by atoms with Crippen molar-refractivity contribution in [2.75, 3.05) is 26.3 Å². The van der Waals surface area contributed by atoms with E-state index >= 15 is 0 Å². The van der Waals surface area contributed by atoms with E-state index in [2.05, 4.69) is 11.4 Å². The van der Waals surface area contributed by atoms with Crippen LogP contribution in [0.5, 0.6) is 0 Å². The molecule has 0 bridgehead atoms. The highest BCUT2D eigenvalue weighted by atomic mass is 35.5. The predicted molar refractivity (Wildman–Crippen MR) is 96.1 cm³/mol. The van der Waals surface area contributed by atoms with E-state index in [1.807, 2.05) is 18.2 Å². The Morgan fingerprint density at radius 2 is 1.92 bits per heavy atom. The number of nitrogens with one attached hydrogen (secondary N) is 1. The van der Waals surface area contributed by atoms with E-state index in [1.54, 1.807) is 0 Å². The Kier molecular flexibility index (Phi) is 5.48. The van der Waals surface area contributed by atoms with Crippen LogP contribution in [0.15, 0.2) is 24.3 Å². The summed E-state index contributed by atoms with van der Waals surface area (Å²) in [4.78, 5) is 12.9. The molecule has 1 saturated carbocycles. The molecule has 0 spiro atoms. The van der Waals surface area contributed by atoms with Crippen LogP contribution >= 0.6 is 11.6 Å². The lowest BCUT2D eigenvalue weighted by Crippen LogP contribution is -2.51. The van der Waals surface area contributed by atoms with Gasteiger partial charge in [-0.05, 0) is 43.4 Å². The molecule has 1 aliphatic carbocycles. The molecule has 0 aromatic heterocycles. The SMILES string of the molecule is NCC1(C(=O)NCC2(c3cccc(Cl)c3)CCCC2)CCOCC1. The molecular weight excluding hydrogens is 324 g/mol. The second-order valence-electron chi connectivity index (χ2n) is 7.28. The number of hydrogen-bond donors (Lipinski definition) is 2. The number of hydrogen-bond acceptors (Lipinski definition) is 3. The van der Waals surface area contributed by atoms with Crippen molar-refractivity contribution in [3.8, 4) is 0 Å². The van der Waals surface area contributed by atoms with Gasteiger partial charge in [0.05, 0.1) is 5.41 Å². The molecule has 0 atom stereocenters. The predicted octanol–water partition coefficient (Wildman–Crippen LogP) is 3.02. The molecule has 132 valence electrons. The fourth-order valence-electron chi connectivity index (χ4n) is 4.16. The van der Waals surface area contributed by atoms with Crippen molar-refractivity contribution in [2.45, 2.75) is 43.9 Å². The number of benzene rings is 1. The minimum Gasteiger partial charge on any atom is -0.381 e. The molecule has 3 rings (SSSR count). The molecule has 0 radical (unpaired) electrons. The molecule has 1 saturated heterocycles. The maximum absolute atomic E-state index is 12.9. The summed E-state index contributed by atoms with van der Waals surface area (Å²) in [5, 5.41) is 3.98. The highest BCUT2D eigenvalue weighted by Gasteiger charge is 2.41. The Labute approximate surface area is 149 Å². The van der Waals surface area contributed by atoms with E-state index < -0.39 is 5.41 Å². The Hall–Kier alpha value is -1.10. The van der Waals surface area contributed by atoms with Gasteiger partial charge in [0.1, 0.15) is 0 Å². The van der Waals surface area contributed by atoms with Gasteiger partial charge in [0.2, 0.25) is 5.91 Å². The van der Waals surface area contributed by atoms with Gasteiger partial charge < -0.3 is 15.8 Å². The van der Waals surface area contributed by atoms with Crippen LogP contribution in [0.4, 0.5) is 0 Å². The van der Waals surface area contributed by atoms with Crippen LogP contribution in [-0.4, -0.2) is 32.2 Å². The quantitative estimate of drug-likeness (QED) is 0.857. The monoisotopic (exact) mass is 350 g/mol. The van der Waals surface area contributed by atoms with Gasteiger partial charge >= 0.3 is 0 Å². The number of halogens is 1. The van der Waals surface area contributed by atoms with Crippen molar-refractivity contribution >= 4 is 17.5 Å². The highest BCUT2D eigenvalue weighted by Crippen LogP contribution is 2.41. The van der Waals surface area contributed by atoms with Gasteiger partial charge in [-0.2, -0.15) is 0 Å². The standard InChI is InChI=1S/C19H27ClN2O2/c20-16-5-3-4-15(12-16)19(6-1-2-7-19)14-22-17(23)18(13-21)8-10-24-11-9-18/h3-5,12H,1-2,6-11,13-14,21H2,(H,22,23). The second-order valence-corrected chi connectivity index (χ2v) is 7.71. The summed E-state index contributed by atoms with van der Waals surface area (Å²) < 4.78 is 5.41. The first-order valence-electron chi connectivity index (χ1n) is 8.92. The first kappa shape index (κ1) is 17.7. The molecule has 5 heteroatoms. The lowest BCUT2D eigenvalue weighted by Gasteiger charge is -2.37. The van der Waals surface area contributed by atoms with E-state index in [1.165, 1.54) is 18.4 Å². The average Bonchev–Trinajstić information content (AvgIpc) is 3.10. The van der Waals surface area contributed by atoms with E-state index in [4.69, 9.17) is 22.1 Å². The third-order valence-corrected chi connectivity index (χ3v) is 6.14. The molecular formula is C19H27ClN2O2. The van der Waals surface area contributed by atoms with E-state index in [0.717, 1.165) is 17.9 Å². The van der Waals surface area contributed by atoms with Crippen LogP contribution in [0.25, 0.3) is 0 Å². The van der Waals surface area contributed by atoms with Crippen molar-refractivity contribution in [3.63, 3.8) is 0 Å². The fourth-order valence-corrected chi connectivity index (χ4v) is 4.35. The number of amides is 1. The summed E-state index contributed by atoms with van der Waals surface area (Å²) in [6.07, 6.45) is 5.98. The zero-order chi connectivity index (χ0) is 17.0. The third-order valence-electron chi connectivity index (χ3n) is 5.91. The minimum atomic E-state index is -0.466. The number of rotatable bonds is 5. The fraction of sp³-hybridized carbons (Fsp3) is 0.632. The maximum atomic E-state index is 12.9. The lowest BCUT2D eigenvalue weighted by molar-refractivity contribution is -0.136. The summed E-state index contributed by atoms with van der Waals surface area (Å²) in [5.74, 6) is 0.0848. The van der Waals surface area contributed by atoms with E-state index in [-0.39, 0.29) is 11.3 Å². The van der Waals surface area contributed by atoms with Gasteiger partial charge in [0, 0.05) is 36.7 Å². The number of carbonyl (C=O) groups is 1. The molecule has 1 aromatic carbocycles. The van der Waals surface area contributed by atoms with E-state index in [0.29, 0.717) is 39.1 Å². The molecule has 3 N–H and O–H groups in total. The molecule has 1 heterocycles. The molecule has 24 heavy (non-hydrogen) atoms. The zero-order valence-electron chi connectivity index (χ0n) is 14.2. The average molecular weight is 351 g/mol. The van der Waals surface area contributed by atoms with Crippen LogP contribution in [0, 0.1) is 5.41 Å². The first-order chi connectivity index (χ1) is 11.6. The number of carbonyl (C=O) groups excluding carboxylic acids is 1. The van der Waals surface area contributed by atoms with Crippen LogP contribution in [0.2, 0.25) is 5.02 Å². The molecule has 1 amide bonds. The Morgan fingerprint density at radius 3 is 2.54 bits per heavy atom. The van der Waals surface area contributed by atoms with Crippen molar-refractivity contribution in [1.29, 1.82) is 0 Å². The van der Waals surface area contributed by atoms with Crippen molar-refractivity contribution < 1.29 is 9.53 Å². The number of ether oxygens (including phenoxy) is 1. The Morgan fingerprint density at radius 1 is 1.21 bits per heavy atom. The smallest absolute Gasteiger partial charge is 0.227 e. The van der Waals surface area contributed by atoms with Gasteiger partial charge in [-0.1, -0.05) is 36.6 Å². The van der Waals surface area contributed by atoms with Gasteiger partial charge in [0.15, 0.2) is 0 Å². The molecule has 2 fully saturated rings. The minimum absolute atomic E-state index is 0.00150.